The van der Waals surface area contributed by atoms with Crippen LogP contribution in [0.4, 0.5) is 0 Å². The molecule has 8 heteroatoms. The number of piperidine rings is 1. The number of carbonyl (C=O) groups excluding carboxylic acids is 1. The number of allylic oxidation sites excluding steroid dienone is 1. The summed E-state index contributed by atoms with van der Waals surface area (Å²) in [6.45, 7) is 9.67. The predicted molar refractivity (Wildman–Crippen MR) is 107 cm³/mol. The molecule has 0 aromatic heterocycles. The van der Waals surface area contributed by atoms with E-state index in [1.54, 1.807) is 14.0 Å². The monoisotopic (exact) mass is 430 g/mol. The van der Waals surface area contributed by atoms with Crippen molar-refractivity contribution in [2.24, 2.45) is 17.8 Å². The molecule has 5 bridgehead atoms. The molecule has 0 aromatic rings. The van der Waals surface area contributed by atoms with E-state index in [9.17, 15) is 4.79 Å². The number of carbonyl (C=O) groups is 1. The number of rotatable bonds is 3. The Balaban J connectivity index is 1.30. The van der Waals surface area contributed by atoms with Gasteiger partial charge in [-0.1, -0.05) is 6.92 Å². The zero-order valence-corrected chi connectivity index (χ0v) is 18.4. The number of nitrogens with zero attached hydrogens (tertiary/aromatic N) is 2. The van der Waals surface area contributed by atoms with E-state index < -0.39 is 5.79 Å². The highest BCUT2D eigenvalue weighted by molar-refractivity contribution is 5.93. The third-order valence-electron chi connectivity index (χ3n) is 9.18. The summed E-state index contributed by atoms with van der Waals surface area (Å²) in [5.41, 5.74) is 0.525. The lowest BCUT2D eigenvalue weighted by Crippen LogP contribution is -2.64. The van der Waals surface area contributed by atoms with E-state index in [1.807, 2.05) is 0 Å². The first-order valence-electron chi connectivity index (χ1n) is 11.7. The van der Waals surface area contributed by atoms with Gasteiger partial charge in [0.25, 0.3) is 0 Å². The number of methoxy groups -OCH3 is 1. The Bertz CT molecular complexity index is 925. The molecule has 6 fully saturated rings. The van der Waals surface area contributed by atoms with E-state index in [2.05, 4.69) is 16.7 Å². The normalized spacial score (nSPS) is 52.2. The van der Waals surface area contributed by atoms with E-state index in [1.165, 1.54) is 0 Å². The van der Waals surface area contributed by atoms with Crippen molar-refractivity contribution in [1.82, 2.24) is 9.80 Å². The molecule has 168 valence electrons. The molecule has 31 heavy (non-hydrogen) atoms. The van der Waals surface area contributed by atoms with Gasteiger partial charge in [-0.25, -0.2) is 4.79 Å². The molecule has 7 aliphatic heterocycles. The minimum absolute atomic E-state index is 0.0283. The Kier molecular flexibility index (Phi) is 3.68. The van der Waals surface area contributed by atoms with Gasteiger partial charge < -0.3 is 23.7 Å². The highest BCUT2D eigenvalue weighted by Gasteiger charge is 2.84. The fourth-order valence-electron chi connectivity index (χ4n) is 8.12. The maximum atomic E-state index is 12.3. The van der Waals surface area contributed by atoms with E-state index in [4.69, 9.17) is 23.7 Å². The summed E-state index contributed by atoms with van der Waals surface area (Å²) < 4.78 is 30.5. The molecule has 0 saturated carbocycles. The second-order valence-corrected chi connectivity index (χ2v) is 10.2. The van der Waals surface area contributed by atoms with Gasteiger partial charge in [0.15, 0.2) is 5.76 Å². The molecule has 6 unspecified atom stereocenters. The zero-order chi connectivity index (χ0) is 21.1. The van der Waals surface area contributed by atoms with Crippen LogP contribution in [0.15, 0.2) is 22.9 Å². The van der Waals surface area contributed by atoms with Crippen molar-refractivity contribution in [1.29, 1.82) is 0 Å². The molecule has 0 aromatic carbocycles. The summed E-state index contributed by atoms with van der Waals surface area (Å²) in [6.07, 6.45) is 2.36. The highest BCUT2D eigenvalue weighted by Crippen LogP contribution is 2.72. The van der Waals surface area contributed by atoms with Crippen molar-refractivity contribution in [3.8, 4) is 0 Å². The molecule has 0 amide bonds. The van der Waals surface area contributed by atoms with Gasteiger partial charge in [-0.2, -0.15) is 0 Å². The molecule has 0 aliphatic carbocycles. The average Bonchev–Trinajstić information content (AvgIpc) is 3.47. The Morgan fingerprint density at radius 2 is 2.03 bits per heavy atom. The standard InChI is InChI=1S/C23H30N2O6/c1-12-17-14-10-16-22(11-24-6-8-28-9-7-24)15(4-5-25(14)22)23(17,30-16)31-19(12)20-18(27-3)13(2)21(26)29-20/h12,14-17H,4-11H2,1-3H3/b20-19-/t12-,14?,15?,16?,17+,22?,23?/m0/s1. The summed E-state index contributed by atoms with van der Waals surface area (Å²) in [6, 6.07) is 0.444. The summed E-state index contributed by atoms with van der Waals surface area (Å²) in [7, 11) is 1.58. The highest BCUT2D eigenvalue weighted by atomic mass is 16.7. The molecule has 0 radical (unpaired) electrons. The largest absolute Gasteiger partial charge is 0.492 e. The molecule has 8 atom stereocenters. The van der Waals surface area contributed by atoms with Gasteiger partial charge in [0.05, 0.1) is 43.5 Å². The zero-order valence-electron chi connectivity index (χ0n) is 18.4. The fourth-order valence-corrected chi connectivity index (χ4v) is 8.12. The Morgan fingerprint density at radius 3 is 2.81 bits per heavy atom. The van der Waals surface area contributed by atoms with Crippen molar-refractivity contribution in [3.05, 3.63) is 22.9 Å². The minimum atomic E-state index is -0.615. The van der Waals surface area contributed by atoms with Crippen LogP contribution in [0.2, 0.25) is 0 Å². The first kappa shape index (κ1) is 18.9. The molecule has 8 nitrogen and oxygen atoms in total. The van der Waals surface area contributed by atoms with Crippen LogP contribution in [-0.2, 0) is 28.5 Å². The maximum absolute atomic E-state index is 12.3. The molecular formula is C23H30N2O6. The first-order valence-corrected chi connectivity index (χ1v) is 11.7. The third kappa shape index (κ3) is 2.04. The van der Waals surface area contributed by atoms with E-state index >= 15 is 0 Å². The fraction of sp³-hybridized carbons (Fsp3) is 0.783. The summed E-state index contributed by atoms with van der Waals surface area (Å²) in [5, 5.41) is 0. The Morgan fingerprint density at radius 1 is 1.23 bits per heavy atom. The Labute approximate surface area is 182 Å². The van der Waals surface area contributed by atoms with Crippen molar-refractivity contribution < 1.29 is 28.5 Å². The number of esters is 1. The van der Waals surface area contributed by atoms with Crippen molar-refractivity contribution >= 4 is 5.97 Å². The van der Waals surface area contributed by atoms with Crippen LogP contribution in [0.1, 0.15) is 26.7 Å². The van der Waals surface area contributed by atoms with Gasteiger partial charge in [0.1, 0.15) is 5.76 Å². The van der Waals surface area contributed by atoms with Crippen molar-refractivity contribution in [2.45, 2.75) is 50.2 Å². The van der Waals surface area contributed by atoms with Crippen LogP contribution < -0.4 is 0 Å². The van der Waals surface area contributed by atoms with E-state index in [0.717, 1.165) is 58.0 Å². The lowest BCUT2D eigenvalue weighted by molar-refractivity contribution is -0.256. The second-order valence-electron chi connectivity index (χ2n) is 10.2. The molecule has 7 rings (SSSR count). The maximum Gasteiger partial charge on any atom is 0.343 e. The molecule has 0 N–H and O–H groups in total. The smallest absolute Gasteiger partial charge is 0.343 e. The van der Waals surface area contributed by atoms with Crippen LogP contribution in [0, 0.1) is 17.8 Å². The van der Waals surface area contributed by atoms with Crippen molar-refractivity contribution in [2.75, 3.05) is 46.5 Å². The lowest BCUT2D eigenvalue weighted by Gasteiger charge is -2.49. The Hall–Kier alpha value is -1.61. The first-order chi connectivity index (χ1) is 15.0. The van der Waals surface area contributed by atoms with Crippen LogP contribution in [0.5, 0.6) is 0 Å². The number of hydrogen-bond acceptors (Lipinski definition) is 8. The SMILES string of the molecule is COC1=C(C)C(=O)O/C1=C1\OC23OC4CC([C@H]2[C@@H]1C)N1CCC3C41CN1CCOCC1. The van der Waals surface area contributed by atoms with Gasteiger partial charge in [-0.15, -0.1) is 0 Å². The quantitative estimate of drug-likeness (QED) is 0.620. The molecule has 7 heterocycles. The van der Waals surface area contributed by atoms with Crippen LogP contribution >= 0.6 is 0 Å². The van der Waals surface area contributed by atoms with Crippen LogP contribution in [-0.4, -0.2) is 85.7 Å². The number of hydrogen-bond donors (Lipinski definition) is 0. The summed E-state index contributed by atoms with van der Waals surface area (Å²) in [4.78, 5) is 17.6. The lowest BCUT2D eigenvalue weighted by atomic mass is 9.70. The summed E-state index contributed by atoms with van der Waals surface area (Å²) in [5.74, 6) is 1.39. The van der Waals surface area contributed by atoms with Gasteiger partial charge in [0, 0.05) is 37.5 Å². The molecular weight excluding hydrogens is 400 g/mol. The number of morpholine rings is 1. The topological polar surface area (TPSA) is 69.7 Å². The van der Waals surface area contributed by atoms with Gasteiger partial charge in [0.2, 0.25) is 11.5 Å². The molecule has 1 spiro atoms. The van der Waals surface area contributed by atoms with Gasteiger partial charge >= 0.3 is 5.97 Å². The van der Waals surface area contributed by atoms with Gasteiger partial charge in [-0.3, -0.25) is 9.80 Å². The predicted octanol–water partition coefficient (Wildman–Crippen LogP) is 1.23. The number of ether oxygens (including phenoxy) is 5. The second kappa shape index (κ2) is 6.04. The van der Waals surface area contributed by atoms with E-state index in [0.29, 0.717) is 29.1 Å². The van der Waals surface area contributed by atoms with Crippen LogP contribution in [0.25, 0.3) is 0 Å². The van der Waals surface area contributed by atoms with Crippen LogP contribution in [0.3, 0.4) is 0 Å². The molecule has 7 aliphatic rings. The molecule has 6 saturated heterocycles. The van der Waals surface area contributed by atoms with Crippen molar-refractivity contribution in [3.63, 3.8) is 0 Å². The average molecular weight is 431 g/mol. The summed E-state index contributed by atoms with van der Waals surface area (Å²) >= 11 is 0. The number of fused-ring (bicyclic) bond motifs is 1. The van der Waals surface area contributed by atoms with E-state index in [-0.39, 0.29) is 29.4 Å². The number of cyclic esters (lactones) is 1. The van der Waals surface area contributed by atoms with Gasteiger partial charge in [-0.05, 0) is 26.3 Å². The third-order valence-corrected chi connectivity index (χ3v) is 9.18. The minimum Gasteiger partial charge on any atom is -0.492 e.